The van der Waals surface area contributed by atoms with Crippen molar-refractivity contribution in [3.05, 3.63) is 60.4 Å². The number of benzene rings is 2. The molecule has 1 heterocycles. The van der Waals surface area contributed by atoms with Crippen molar-refractivity contribution in [2.75, 3.05) is 11.1 Å². The number of phenols is 1. The third kappa shape index (κ3) is 4.83. The summed E-state index contributed by atoms with van der Waals surface area (Å²) >= 11 is 1.29. The lowest BCUT2D eigenvalue weighted by Crippen LogP contribution is -2.15. The zero-order chi connectivity index (χ0) is 19.9. The SMILES string of the molecule is CCn1c(SCC(=O)Nc2ccccc2O)nnc1C(C)Oc1ccccc1. The van der Waals surface area contributed by atoms with Crippen LogP contribution in [-0.2, 0) is 11.3 Å². The van der Waals surface area contributed by atoms with E-state index in [1.165, 1.54) is 17.8 Å². The number of nitrogens with zero attached hydrogens (tertiary/aromatic N) is 3. The predicted molar refractivity (Wildman–Crippen MR) is 109 cm³/mol. The van der Waals surface area contributed by atoms with Gasteiger partial charge in [-0.2, -0.15) is 0 Å². The number of ether oxygens (including phenoxy) is 1. The summed E-state index contributed by atoms with van der Waals surface area (Å²) in [7, 11) is 0. The van der Waals surface area contributed by atoms with Crippen LogP contribution in [-0.4, -0.2) is 31.5 Å². The first-order valence-electron chi connectivity index (χ1n) is 8.94. The number of rotatable bonds is 8. The summed E-state index contributed by atoms with van der Waals surface area (Å²) in [4.78, 5) is 12.2. The molecule has 0 saturated heterocycles. The fraction of sp³-hybridized carbons (Fsp3) is 0.250. The molecule has 1 atom stereocenters. The molecule has 8 heteroatoms. The van der Waals surface area contributed by atoms with E-state index < -0.39 is 0 Å². The molecule has 2 N–H and O–H groups in total. The molecule has 146 valence electrons. The molecule has 0 aliphatic carbocycles. The van der Waals surface area contributed by atoms with Crippen LogP contribution in [0.2, 0.25) is 0 Å². The summed E-state index contributed by atoms with van der Waals surface area (Å²) in [5.41, 5.74) is 0.385. The number of hydrogen-bond donors (Lipinski definition) is 2. The first-order chi connectivity index (χ1) is 13.6. The Morgan fingerprint density at radius 2 is 1.89 bits per heavy atom. The Hall–Kier alpha value is -3.00. The van der Waals surface area contributed by atoms with Crippen LogP contribution >= 0.6 is 11.8 Å². The Bertz CT molecular complexity index is 930. The number of aromatic nitrogens is 3. The zero-order valence-corrected chi connectivity index (χ0v) is 16.5. The molecular formula is C20H22N4O3S. The van der Waals surface area contributed by atoms with E-state index >= 15 is 0 Å². The van der Waals surface area contributed by atoms with Crippen LogP contribution in [0.4, 0.5) is 5.69 Å². The molecule has 2 aromatic carbocycles. The number of thioether (sulfide) groups is 1. The monoisotopic (exact) mass is 398 g/mol. The average Bonchev–Trinajstić information content (AvgIpc) is 3.12. The van der Waals surface area contributed by atoms with E-state index in [0.717, 1.165) is 5.75 Å². The van der Waals surface area contributed by atoms with Crippen LogP contribution in [0.1, 0.15) is 25.8 Å². The van der Waals surface area contributed by atoms with Gasteiger partial charge in [0.1, 0.15) is 11.5 Å². The summed E-state index contributed by atoms with van der Waals surface area (Å²) in [6, 6.07) is 16.2. The van der Waals surface area contributed by atoms with E-state index in [1.807, 2.05) is 48.7 Å². The quantitative estimate of drug-likeness (QED) is 0.442. The van der Waals surface area contributed by atoms with E-state index in [9.17, 15) is 9.90 Å². The minimum Gasteiger partial charge on any atom is -0.506 e. The van der Waals surface area contributed by atoms with Gasteiger partial charge < -0.3 is 19.7 Å². The van der Waals surface area contributed by atoms with Gasteiger partial charge in [0.2, 0.25) is 5.91 Å². The van der Waals surface area contributed by atoms with E-state index in [0.29, 0.717) is 23.2 Å². The van der Waals surface area contributed by atoms with Gasteiger partial charge in [-0.25, -0.2) is 0 Å². The van der Waals surface area contributed by atoms with Gasteiger partial charge in [0.05, 0.1) is 11.4 Å². The summed E-state index contributed by atoms with van der Waals surface area (Å²) in [6.07, 6.45) is -0.278. The van der Waals surface area contributed by atoms with Gasteiger partial charge in [-0.3, -0.25) is 4.79 Å². The largest absolute Gasteiger partial charge is 0.506 e. The minimum atomic E-state index is -0.278. The van der Waals surface area contributed by atoms with Crippen molar-refractivity contribution in [2.24, 2.45) is 0 Å². The average molecular weight is 398 g/mol. The molecule has 0 fully saturated rings. The van der Waals surface area contributed by atoms with Crippen LogP contribution in [0.5, 0.6) is 11.5 Å². The van der Waals surface area contributed by atoms with Gasteiger partial charge in [0, 0.05) is 6.54 Å². The Labute approximate surface area is 167 Å². The molecule has 7 nitrogen and oxygen atoms in total. The first-order valence-corrected chi connectivity index (χ1v) is 9.92. The van der Waals surface area contributed by atoms with Gasteiger partial charge in [-0.15, -0.1) is 10.2 Å². The lowest BCUT2D eigenvalue weighted by Gasteiger charge is -2.15. The standard InChI is InChI=1S/C20H22N4O3S/c1-3-24-19(14(2)27-15-9-5-4-6-10-15)22-23-20(24)28-13-18(26)21-16-11-7-8-12-17(16)25/h4-12,14,25H,3,13H2,1-2H3,(H,21,26). The molecule has 0 saturated carbocycles. The zero-order valence-electron chi connectivity index (χ0n) is 15.7. The fourth-order valence-corrected chi connectivity index (χ4v) is 3.47. The molecule has 1 aromatic heterocycles. The highest BCUT2D eigenvalue weighted by Gasteiger charge is 2.19. The van der Waals surface area contributed by atoms with Crippen LogP contribution in [0.15, 0.2) is 59.8 Å². The third-order valence-electron chi connectivity index (χ3n) is 3.99. The number of anilines is 1. The number of carbonyl (C=O) groups excluding carboxylic acids is 1. The third-order valence-corrected chi connectivity index (χ3v) is 4.96. The lowest BCUT2D eigenvalue weighted by atomic mass is 10.3. The topological polar surface area (TPSA) is 89.3 Å². The molecule has 28 heavy (non-hydrogen) atoms. The number of amides is 1. The highest BCUT2D eigenvalue weighted by Crippen LogP contribution is 2.25. The molecule has 0 spiro atoms. The number of nitrogens with one attached hydrogen (secondary N) is 1. The fourth-order valence-electron chi connectivity index (χ4n) is 2.66. The Morgan fingerprint density at radius 1 is 1.18 bits per heavy atom. The molecule has 3 aromatic rings. The van der Waals surface area contributed by atoms with Crippen molar-refractivity contribution in [3.8, 4) is 11.5 Å². The maximum absolute atomic E-state index is 12.2. The van der Waals surface area contributed by atoms with Gasteiger partial charge in [0.25, 0.3) is 0 Å². The van der Waals surface area contributed by atoms with Gasteiger partial charge in [-0.05, 0) is 38.1 Å². The highest BCUT2D eigenvalue weighted by molar-refractivity contribution is 7.99. The van der Waals surface area contributed by atoms with E-state index in [2.05, 4.69) is 15.5 Å². The van der Waals surface area contributed by atoms with Crippen molar-refractivity contribution >= 4 is 23.4 Å². The molecular weight excluding hydrogens is 376 g/mol. The molecule has 0 radical (unpaired) electrons. The summed E-state index contributed by atoms with van der Waals surface area (Å²) in [5, 5.41) is 21.6. The van der Waals surface area contributed by atoms with Crippen molar-refractivity contribution in [2.45, 2.75) is 31.7 Å². The normalized spacial score (nSPS) is 11.8. The molecule has 0 bridgehead atoms. The van der Waals surface area contributed by atoms with Gasteiger partial charge >= 0.3 is 0 Å². The highest BCUT2D eigenvalue weighted by atomic mass is 32.2. The Balaban J connectivity index is 1.63. The molecule has 1 amide bonds. The second-order valence-corrected chi connectivity index (χ2v) is 6.95. The maximum atomic E-state index is 12.2. The number of phenolic OH excluding ortho intramolecular Hbond substituents is 1. The predicted octanol–water partition coefficient (Wildman–Crippen LogP) is 3.87. The van der Waals surface area contributed by atoms with E-state index in [-0.39, 0.29) is 23.5 Å². The second-order valence-electron chi connectivity index (χ2n) is 6.01. The van der Waals surface area contributed by atoms with Crippen molar-refractivity contribution < 1.29 is 14.6 Å². The number of para-hydroxylation sites is 3. The Morgan fingerprint density at radius 3 is 2.61 bits per heavy atom. The van der Waals surface area contributed by atoms with E-state index in [1.54, 1.807) is 18.2 Å². The summed E-state index contributed by atoms with van der Waals surface area (Å²) in [6.45, 7) is 4.57. The first kappa shape index (κ1) is 19.8. The number of hydrogen-bond acceptors (Lipinski definition) is 6. The molecule has 0 aliphatic heterocycles. The molecule has 3 rings (SSSR count). The summed E-state index contributed by atoms with van der Waals surface area (Å²) in [5.74, 6) is 1.42. The van der Waals surface area contributed by atoms with Crippen molar-refractivity contribution in [3.63, 3.8) is 0 Å². The van der Waals surface area contributed by atoms with Crippen molar-refractivity contribution in [1.82, 2.24) is 14.8 Å². The van der Waals surface area contributed by atoms with Crippen LogP contribution in [0.3, 0.4) is 0 Å². The van der Waals surface area contributed by atoms with E-state index in [4.69, 9.17) is 4.74 Å². The van der Waals surface area contributed by atoms with Crippen LogP contribution < -0.4 is 10.1 Å². The summed E-state index contributed by atoms with van der Waals surface area (Å²) < 4.78 is 7.87. The smallest absolute Gasteiger partial charge is 0.234 e. The van der Waals surface area contributed by atoms with Gasteiger partial charge in [0.15, 0.2) is 17.1 Å². The molecule has 1 unspecified atom stereocenters. The van der Waals surface area contributed by atoms with Crippen LogP contribution in [0, 0.1) is 0 Å². The Kier molecular flexibility index (Phi) is 6.54. The number of aromatic hydroxyl groups is 1. The molecule has 0 aliphatic rings. The minimum absolute atomic E-state index is 0.0340. The number of carbonyl (C=O) groups is 1. The van der Waals surface area contributed by atoms with Crippen molar-refractivity contribution in [1.29, 1.82) is 0 Å². The van der Waals surface area contributed by atoms with Gasteiger partial charge in [-0.1, -0.05) is 42.1 Å². The lowest BCUT2D eigenvalue weighted by molar-refractivity contribution is -0.113. The van der Waals surface area contributed by atoms with Crippen LogP contribution in [0.25, 0.3) is 0 Å². The maximum Gasteiger partial charge on any atom is 0.234 e. The second kappa shape index (κ2) is 9.27.